The van der Waals surface area contributed by atoms with Crippen molar-refractivity contribution in [3.8, 4) is 0 Å². The second-order valence-electron chi connectivity index (χ2n) is 11.3. The summed E-state index contributed by atoms with van der Waals surface area (Å²) in [6.45, 7) is 15.6. The van der Waals surface area contributed by atoms with Gasteiger partial charge in [-0.3, -0.25) is 4.79 Å². The van der Waals surface area contributed by atoms with Crippen LogP contribution in [0.25, 0.3) is 6.08 Å². The molecule has 0 saturated heterocycles. The summed E-state index contributed by atoms with van der Waals surface area (Å²) >= 11 is 12.8. The van der Waals surface area contributed by atoms with Gasteiger partial charge in [0.25, 0.3) is 0 Å². The SMILES string of the molecule is CCOC(=O)C=Cc1cccc2c1C[C@H](CO[Si](C)(C)C(C)(C)C)N(C(=O)Cc1c(Cl)cccc1Cl)[C@H]2C. The molecule has 2 aromatic rings. The largest absolute Gasteiger partial charge is 0.463 e. The minimum absolute atomic E-state index is 0.0403. The third-order valence-electron chi connectivity index (χ3n) is 7.75. The molecular weight excluding hydrogens is 537 g/mol. The molecule has 0 aromatic heterocycles. The Hall–Kier alpha value is -2.12. The van der Waals surface area contributed by atoms with Gasteiger partial charge in [-0.25, -0.2) is 4.79 Å². The van der Waals surface area contributed by atoms with Crippen LogP contribution >= 0.6 is 23.2 Å². The fourth-order valence-corrected chi connectivity index (χ4v) is 6.15. The number of amides is 1. The Kier molecular flexibility index (Phi) is 9.90. The van der Waals surface area contributed by atoms with E-state index in [4.69, 9.17) is 32.4 Å². The molecule has 5 nitrogen and oxygen atoms in total. The number of ether oxygens (including phenoxy) is 1. The number of fused-ring (bicyclic) bond motifs is 1. The molecule has 0 bridgehead atoms. The number of esters is 1. The van der Waals surface area contributed by atoms with Crippen LogP contribution in [0.15, 0.2) is 42.5 Å². The molecule has 0 aliphatic carbocycles. The first-order chi connectivity index (χ1) is 17.8. The summed E-state index contributed by atoms with van der Waals surface area (Å²) < 4.78 is 11.7. The molecule has 0 unspecified atom stereocenters. The highest BCUT2D eigenvalue weighted by atomic mass is 35.5. The number of hydrogen-bond donors (Lipinski definition) is 0. The lowest BCUT2D eigenvalue weighted by Gasteiger charge is -2.45. The van der Waals surface area contributed by atoms with Crippen LogP contribution in [0.4, 0.5) is 0 Å². The van der Waals surface area contributed by atoms with Crippen LogP contribution in [0.2, 0.25) is 28.2 Å². The maximum atomic E-state index is 13.9. The van der Waals surface area contributed by atoms with Crippen molar-refractivity contribution < 1.29 is 18.8 Å². The Bertz CT molecular complexity index is 1180. The van der Waals surface area contributed by atoms with E-state index in [-0.39, 0.29) is 35.4 Å². The fraction of sp³-hybridized carbons (Fsp3) is 0.467. The summed E-state index contributed by atoms with van der Waals surface area (Å²) in [7, 11) is -2.07. The molecule has 1 heterocycles. The van der Waals surface area contributed by atoms with Gasteiger partial charge in [-0.1, -0.05) is 68.2 Å². The smallest absolute Gasteiger partial charge is 0.330 e. The highest BCUT2D eigenvalue weighted by Gasteiger charge is 2.41. The lowest BCUT2D eigenvalue weighted by molar-refractivity contribution is -0.137. The molecular formula is C30H39Cl2NO4Si. The molecule has 0 N–H and O–H groups in total. The maximum absolute atomic E-state index is 13.9. The zero-order valence-corrected chi connectivity index (χ0v) is 25.9. The fourth-order valence-electron chi connectivity index (χ4n) is 4.58. The zero-order valence-electron chi connectivity index (χ0n) is 23.4. The van der Waals surface area contributed by atoms with Crippen LogP contribution in [0, 0.1) is 0 Å². The van der Waals surface area contributed by atoms with Crippen LogP contribution in [-0.2, 0) is 31.6 Å². The molecule has 1 aliphatic heterocycles. The van der Waals surface area contributed by atoms with Gasteiger partial charge in [-0.15, -0.1) is 0 Å². The molecule has 0 spiro atoms. The van der Waals surface area contributed by atoms with Crippen molar-refractivity contribution in [2.24, 2.45) is 0 Å². The van der Waals surface area contributed by atoms with Gasteiger partial charge in [0.05, 0.1) is 31.7 Å². The molecule has 2 aromatic carbocycles. The third-order valence-corrected chi connectivity index (χ3v) is 13.0. The van der Waals surface area contributed by atoms with Gasteiger partial charge < -0.3 is 14.1 Å². The minimum atomic E-state index is -2.07. The number of hydrogen-bond acceptors (Lipinski definition) is 4. The average molecular weight is 577 g/mol. The number of nitrogens with zero attached hydrogens (tertiary/aromatic N) is 1. The van der Waals surface area contributed by atoms with E-state index in [0.717, 1.165) is 16.7 Å². The summed E-state index contributed by atoms with van der Waals surface area (Å²) in [5.74, 6) is -0.422. The van der Waals surface area contributed by atoms with E-state index in [2.05, 4.69) is 39.9 Å². The van der Waals surface area contributed by atoms with Crippen molar-refractivity contribution in [2.75, 3.05) is 13.2 Å². The predicted octanol–water partition coefficient (Wildman–Crippen LogP) is 7.65. The third kappa shape index (κ3) is 6.89. The summed E-state index contributed by atoms with van der Waals surface area (Å²) in [6.07, 6.45) is 3.98. The zero-order chi connectivity index (χ0) is 28.3. The van der Waals surface area contributed by atoms with Gasteiger partial charge >= 0.3 is 5.97 Å². The Morgan fingerprint density at radius 3 is 2.34 bits per heavy atom. The second kappa shape index (κ2) is 12.4. The van der Waals surface area contributed by atoms with E-state index in [1.54, 1.807) is 31.2 Å². The molecule has 0 fully saturated rings. The lowest BCUT2D eigenvalue weighted by atomic mass is 9.85. The minimum Gasteiger partial charge on any atom is -0.463 e. The van der Waals surface area contributed by atoms with Crippen LogP contribution < -0.4 is 0 Å². The standard InChI is InChI=1S/C30H39Cl2NO4Si/c1-8-36-29(35)16-15-21-11-9-12-23-20(2)33(28(34)18-25-26(31)13-10-14-27(25)32)22(17-24(21)23)19-37-38(6,7)30(3,4)5/h9-16,20,22H,8,17-19H2,1-7H3/t20-,22+/m0/s1. The molecule has 2 atom stereocenters. The van der Waals surface area contributed by atoms with Crippen molar-refractivity contribution in [1.29, 1.82) is 0 Å². The first-order valence-corrected chi connectivity index (χ1v) is 16.8. The van der Waals surface area contributed by atoms with Crippen LogP contribution in [-0.4, -0.2) is 44.3 Å². The van der Waals surface area contributed by atoms with Crippen molar-refractivity contribution in [3.63, 3.8) is 0 Å². The van der Waals surface area contributed by atoms with Crippen molar-refractivity contribution >= 4 is 49.5 Å². The van der Waals surface area contributed by atoms with Gasteiger partial charge in [0, 0.05) is 16.1 Å². The molecule has 0 saturated carbocycles. The summed E-state index contributed by atoms with van der Waals surface area (Å²) in [5, 5.41) is 1.01. The summed E-state index contributed by atoms with van der Waals surface area (Å²) in [6, 6.07) is 10.9. The lowest BCUT2D eigenvalue weighted by Crippen LogP contribution is -2.52. The molecule has 8 heteroatoms. The van der Waals surface area contributed by atoms with Crippen molar-refractivity contribution in [2.45, 2.75) is 77.7 Å². The topological polar surface area (TPSA) is 55.8 Å². The average Bonchev–Trinajstić information content (AvgIpc) is 2.83. The highest BCUT2D eigenvalue weighted by Crippen LogP contribution is 2.40. The number of halogens is 2. The summed E-state index contributed by atoms with van der Waals surface area (Å²) in [4.78, 5) is 27.8. The first kappa shape index (κ1) is 30.4. The van der Waals surface area contributed by atoms with Crippen molar-refractivity contribution in [1.82, 2.24) is 4.90 Å². The van der Waals surface area contributed by atoms with Gasteiger partial charge in [-0.2, -0.15) is 0 Å². The van der Waals surface area contributed by atoms with Gasteiger partial charge in [0.1, 0.15) is 0 Å². The maximum Gasteiger partial charge on any atom is 0.330 e. The van der Waals surface area contributed by atoms with Crippen LogP contribution in [0.1, 0.15) is 62.9 Å². The van der Waals surface area contributed by atoms with E-state index in [0.29, 0.717) is 35.2 Å². The molecule has 38 heavy (non-hydrogen) atoms. The van der Waals surface area contributed by atoms with E-state index >= 15 is 0 Å². The second-order valence-corrected chi connectivity index (χ2v) is 16.9. The Morgan fingerprint density at radius 2 is 1.74 bits per heavy atom. The predicted molar refractivity (Wildman–Crippen MR) is 158 cm³/mol. The number of benzene rings is 2. The Balaban J connectivity index is 2.00. The molecule has 0 radical (unpaired) electrons. The van der Waals surface area contributed by atoms with E-state index in [1.165, 1.54) is 6.08 Å². The van der Waals surface area contributed by atoms with Gasteiger partial charge in [-0.05, 0) is 78.9 Å². The van der Waals surface area contributed by atoms with Crippen molar-refractivity contribution in [3.05, 3.63) is 74.8 Å². The van der Waals surface area contributed by atoms with E-state index < -0.39 is 8.32 Å². The van der Waals surface area contributed by atoms with E-state index in [1.807, 2.05) is 24.0 Å². The normalized spacial score (nSPS) is 18.0. The first-order valence-electron chi connectivity index (χ1n) is 13.1. The number of carbonyl (C=O) groups is 2. The Morgan fingerprint density at radius 1 is 1.11 bits per heavy atom. The monoisotopic (exact) mass is 575 g/mol. The highest BCUT2D eigenvalue weighted by molar-refractivity contribution is 6.74. The molecule has 206 valence electrons. The van der Waals surface area contributed by atoms with Gasteiger partial charge in [0.15, 0.2) is 8.32 Å². The molecule has 3 rings (SSSR count). The molecule has 1 aliphatic rings. The quantitative estimate of drug-likeness (QED) is 0.184. The van der Waals surface area contributed by atoms with Crippen LogP contribution in [0.5, 0.6) is 0 Å². The van der Waals surface area contributed by atoms with Gasteiger partial charge in [0.2, 0.25) is 5.91 Å². The van der Waals surface area contributed by atoms with Crippen LogP contribution in [0.3, 0.4) is 0 Å². The number of rotatable bonds is 8. The molecule has 1 amide bonds. The summed E-state index contributed by atoms with van der Waals surface area (Å²) in [5.41, 5.74) is 3.75. The van der Waals surface area contributed by atoms with E-state index in [9.17, 15) is 9.59 Å². The Labute approximate surface area is 238 Å². The number of carbonyl (C=O) groups excluding carboxylic acids is 2.